The number of hydrogen-bond acceptors (Lipinski definition) is 8. The van der Waals surface area contributed by atoms with Gasteiger partial charge >= 0.3 is 0 Å². The summed E-state index contributed by atoms with van der Waals surface area (Å²) >= 11 is 0. The van der Waals surface area contributed by atoms with E-state index in [1.165, 1.54) is 32.4 Å². The van der Waals surface area contributed by atoms with Crippen LogP contribution in [0.2, 0.25) is 0 Å². The predicted octanol–water partition coefficient (Wildman–Crippen LogP) is 1.99. The normalized spacial score (nSPS) is 14.2. The molecule has 0 aliphatic carbocycles. The van der Waals surface area contributed by atoms with Crippen molar-refractivity contribution in [2.45, 2.75) is 44.0 Å². The second-order valence-electron chi connectivity index (χ2n) is 6.93. The third kappa shape index (κ3) is 6.15. The molecule has 0 unspecified atom stereocenters. The molecule has 0 spiro atoms. The number of aliphatic hydroxyl groups is 3. The minimum atomic E-state index is -1.11. The summed E-state index contributed by atoms with van der Waals surface area (Å²) in [5.41, 5.74) is 1.15. The highest BCUT2D eigenvalue weighted by molar-refractivity contribution is 5.52. The summed E-state index contributed by atoms with van der Waals surface area (Å²) in [6.45, 7) is 0. The third-order valence-electron chi connectivity index (χ3n) is 4.73. The minimum Gasteiger partial charge on any atom is -0.504 e. The van der Waals surface area contributed by atoms with Crippen molar-refractivity contribution in [3.8, 4) is 28.7 Å². The first-order valence-corrected chi connectivity index (χ1v) is 9.25. The average molecular weight is 408 g/mol. The number of aromatic hydroxyl groups is 3. The summed E-state index contributed by atoms with van der Waals surface area (Å²) < 4.78 is 9.99. The van der Waals surface area contributed by atoms with Gasteiger partial charge in [0.2, 0.25) is 5.75 Å². The summed E-state index contributed by atoms with van der Waals surface area (Å²) in [5, 5.41) is 59.7. The lowest BCUT2D eigenvalue weighted by molar-refractivity contribution is 0.0368. The maximum Gasteiger partial charge on any atom is 0.200 e. The Kier molecular flexibility index (Phi) is 7.95. The van der Waals surface area contributed by atoms with Gasteiger partial charge in [-0.2, -0.15) is 0 Å². The van der Waals surface area contributed by atoms with Crippen molar-refractivity contribution in [1.82, 2.24) is 0 Å². The van der Waals surface area contributed by atoms with E-state index in [0.717, 1.165) is 5.56 Å². The zero-order valence-electron chi connectivity index (χ0n) is 16.4. The highest BCUT2D eigenvalue weighted by Gasteiger charge is 2.20. The molecule has 0 aliphatic heterocycles. The van der Waals surface area contributed by atoms with Gasteiger partial charge < -0.3 is 40.1 Å². The molecule has 0 saturated heterocycles. The first-order chi connectivity index (χ1) is 13.7. The van der Waals surface area contributed by atoms with E-state index in [2.05, 4.69) is 0 Å². The molecule has 0 heterocycles. The summed E-state index contributed by atoms with van der Waals surface area (Å²) in [4.78, 5) is 0. The van der Waals surface area contributed by atoms with Gasteiger partial charge in [0.1, 0.15) is 0 Å². The van der Waals surface area contributed by atoms with Gasteiger partial charge in [-0.15, -0.1) is 0 Å². The number of benzene rings is 2. The molecule has 2 aromatic rings. The molecule has 8 nitrogen and oxygen atoms in total. The zero-order valence-corrected chi connectivity index (χ0v) is 16.4. The van der Waals surface area contributed by atoms with Gasteiger partial charge in [0.15, 0.2) is 23.0 Å². The lowest BCUT2D eigenvalue weighted by atomic mass is 9.97. The smallest absolute Gasteiger partial charge is 0.200 e. The Labute approximate surface area is 169 Å². The standard InChI is InChI=1S/C21H28O8/c1-28-19-7-12(4-6-16(19)24)3-5-14(22)10-15(23)11-17(25)13-8-18(26)21(27)20(9-13)29-2/h4,6-9,14-15,17,22-27H,3,5,10-11H2,1-2H3/t14-,15+,17+/m0/s1. The Morgan fingerprint density at radius 1 is 0.793 bits per heavy atom. The van der Waals surface area contributed by atoms with Crippen molar-refractivity contribution in [3.05, 3.63) is 41.5 Å². The SMILES string of the molecule is COc1cc(CC[C@H](O)C[C@@H](O)C[C@@H](O)c2cc(O)c(O)c(OC)c2)ccc1O. The van der Waals surface area contributed by atoms with Crippen LogP contribution < -0.4 is 9.47 Å². The Morgan fingerprint density at radius 3 is 2.14 bits per heavy atom. The summed E-state index contributed by atoms with van der Waals surface area (Å²) in [6.07, 6.45) is -1.97. The van der Waals surface area contributed by atoms with Crippen molar-refractivity contribution < 1.29 is 40.1 Å². The summed E-state index contributed by atoms with van der Waals surface area (Å²) in [5.74, 6) is -0.453. The second kappa shape index (κ2) is 10.2. The number of phenols is 3. The van der Waals surface area contributed by atoms with Gasteiger partial charge in [0, 0.05) is 6.42 Å². The Hall–Kier alpha value is -2.68. The maximum atomic E-state index is 10.3. The van der Waals surface area contributed by atoms with Crippen molar-refractivity contribution in [2.75, 3.05) is 14.2 Å². The van der Waals surface area contributed by atoms with Crippen LogP contribution >= 0.6 is 0 Å². The van der Waals surface area contributed by atoms with Crippen LogP contribution in [0, 0.1) is 0 Å². The summed E-state index contributed by atoms with van der Waals surface area (Å²) in [6, 6.07) is 7.51. The number of phenolic OH excluding ortho intramolecular Hbond substituents is 3. The minimum absolute atomic E-state index is 0.0119. The number of ether oxygens (including phenoxy) is 2. The Bertz CT molecular complexity index is 808. The molecule has 0 aliphatic rings. The molecule has 0 saturated carbocycles. The Balaban J connectivity index is 1.88. The van der Waals surface area contributed by atoms with Gasteiger partial charge in [0.05, 0.1) is 32.5 Å². The molecule has 0 fully saturated rings. The highest BCUT2D eigenvalue weighted by Crippen LogP contribution is 2.38. The third-order valence-corrected chi connectivity index (χ3v) is 4.73. The number of methoxy groups -OCH3 is 2. The second-order valence-corrected chi connectivity index (χ2v) is 6.93. The van der Waals surface area contributed by atoms with E-state index < -0.39 is 29.8 Å². The monoisotopic (exact) mass is 408 g/mol. The highest BCUT2D eigenvalue weighted by atomic mass is 16.5. The fourth-order valence-electron chi connectivity index (χ4n) is 3.09. The quantitative estimate of drug-likeness (QED) is 0.328. The van der Waals surface area contributed by atoms with Crippen molar-refractivity contribution in [2.24, 2.45) is 0 Å². The van der Waals surface area contributed by atoms with Gasteiger partial charge in [0.25, 0.3) is 0 Å². The number of aryl methyl sites for hydroxylation is 1. The molecule has 0 radical (unpaired) electrons. The van der Waals surface area contributed by atoms with E-state index in [1.54, 1.807) is 12.1 Å². The van der Waals surface area contributed by atoms with Gasteiger partial charge in [-0.3, -0.25) is 0 Å². The van der Waals surface area contributed by atoms with Crippen LogP contribution in [-0.4, -0.2) is 57.1 Å². The molecule has 3 atom stereocenters. The fourth-order valence-corrected chi connectivity index (χ4v) is 3.09. The molecular weight excluding hydrogens is 380 g/mol. The van der Waals surface area contributed by atoms with E-state index in [1.807, 2.05) is 0 Å². The van der Waals surface area contributed by atoms with Crippen LogP contribution in [0.5, 0.6) is 28.7 Å². The molecular formula is C21H28O8. The van der Waals surface area contributed by atoms with Crippen molar-refractivity contribution >= 4 is 0 Å². The van der Waals surface area contributed by atoms with Crippen LogP contribution in [0.3, 0.4) is 0 Å². The van der Waals surface area contributed by atoms with Gasteiger partial charge in [-0.25, -0.2) is 0 Å². The van der Waals surface area contributed by atoms with Crippen LogP contribution in [-0.2, 0) is 6.42 Å². The summed E-state index contributed by atoms with van der Waals surface area (Å²) in [7, 11) is 2.78. The molecule has 2 rings (SSSR count). The van der Waals surface area contributed by atoms with Gasteiger partial charge in [-0.05, 0) is 54.7 Å². The van der Waals surface area contributed by atoms with Gasteiger partial charge in [-0.1, -0.05) is 6.07 Å². The van der Waals surface area contributed by atoms with E-state index in [4.69, 9.17) is 9.47 Å². The molecule has 0 aromatic heterocycles. The molecule has 8 heteroatoms. The number of hydrogen-bond donors (Lipinski definition) is 6. The van der Waals surface area contributed by atoms with Crippen LogP contribution in [0.15, 0.2) is 30.3 Å². The van der Waals surface area contributed by atoms with Crippen LogP contribution in [0.4, 0.5) is 0 Å². The lowest BCUT2D eigenvalue weighted by Gasteiger charge is -2.20. The Morgan fingerprint density at radius 2 is 1.48 bits per heavy atom. The van der Waals surface area contributed by atoms with E-state index in [9.17, 15) is 30.6 Å². The van der Waals surface area contributed by atoms with Crippen LogP contribution in [0.1, 0.15) is 36.5 Å². The molecule has 6 N–H and O–H groups in total. The van der Waals surface area contributed by atoms with E-state index >= 15 is 0 Å². The first-order valence-electron chi connectivity index (χ1n) is 9.25. The zero-order chi connectivity index (χ0) is 21.6. The molecule has 0 amide bonds. The predicted molar refractivity (Wildman–Crippen MR) is 106 cm³/mol. The molecule has 0 bridgehead atoms. The van der Waals surface area contributed by atoms with E-state index in [-0.39, 0.29) is 29.9 Å². The first kappa shape index (κ1) is 22.6. The topological polar surface area (TPSA) is 140 Å². The van der Waals surface area contributed by atoms with Crippen molar-refractivity contribution in [1.29, 1.82) is 0 Å². The average Bonchev–Trinajstić information content (AvgIpc) is 2.69. The van der Waals surface area contributed by atoms with Crippen molar-refractivity contribution in [3.63, 3.8) is 0 Å². The molecule has 29 heavy (non-hydrogen) atoms. The molecule has 2 aromatic carbocycles. The lowest BCUT2D eigenvalue weighted by Crippen LogP contribution is -2.20. The fraction of sp³-hybridized carbons (Fsp3) is 0.429. The number of aliphatic hydroxyl groups excluding tert-OH is 3. The number of rotatable bonds is 10. The maximum absolute atomic E-state index is 10.3. The van der Waals surface area contributed by atoms with Crippen LogP contribution in [0.25, 0.3) is 0 Å². The molecule has 160 valence electrons. The largest absolute Gasteiger partial charge is 0.504 e. The van der Waals surface area contributed by atoms with E-state index in [0.29, 0.717) is 18.6 Å².